The molecular weight excluding hydrogens is 459 g/mol. The Morgan fingerprint density at radius 3 is 2.45 bits per heavy atom. The first kappa shape index (κ1) is 26.2. The molecule has 1 aliphatic rings. The number of hydrogen-bond donors (Lipinski definition) is 2. The van der Waals surface area contributed by atoms with Crippen molar-refractivity contribution < 1.29 is 9.18 Å². The molecule has 1 amide bonds. The van der Waals surface area contributed by atoms with Crippen molar-refractivity contribution in [3.8, 4) is 0 Å². The Morgan fingerprint density at radius 2 is 1.91 bits per heavy atom. The highest BCUT2D eigenvalue weighted by Crippen LogP contribution is 2.16. The monoisotopic (exact) mass is 486 g/mol. The van der Waals surface area contributed by atoms with Gasteiger partial charge >= 0.3 is 0 Å². The molecule has 8 heteroatoms. The molecular formula is C25H28ClFN4OS. The van der Waals surface area contributed by atoms with E-state index in [-0.39, 0.29) is 17.8 Å². The lowest BCUT2D eigenvalue weighted by atomic mass is 10.1. The molecule has 174 valence electrons. The molecule has 0 spiro atoms. The Bertz CT molecular complexity index is 1070. The Morgan fingerprint density at radius 1 is 1.18 bits per heavy atom. The van der Waals surface area contributed by atoms with Crippen molar-refractivity contribution in [2.75, 3.05) is 6.54 Å². The summed E-state index contributed by atoms with van der Waals surface area (Å²) in [5.74, 6) is 0.343. The van der Waals surface area contributed by atoms with Crippen molar-refractivity contribution >= 4 is 34.7 Å². The van der Waals surface area contributed by atoms with Crippen LogP contribution >= 0.6 is 22.9 Å². The lowest BCUT2D eigenvalue weighted by molar-refractivity contribution is -0.118. The molecule has 0 saturated heterocycles. The molecule has 1 unspecified atom stereocenters. The van der Waals surface area contributed by atoms with Gasteiger partial charge in [-0.05, 0) is 37.6 Å². The van der Waals surface area contributed by atoms with Crippen LogP contribution in [-0.4, -0.2) is 23.3 Å². The van der Waals surface area contributed by atoms with E-state index in [0.717, 1.165) is 22.1 Å². The van der Waals surface area contributed by atoms with Crippen molar-refractivity contribution in [1.29, 1.82) is 0 Å². The number of hydrogen-bond acceptors (Lipinski definition) is 5. The van der Waals surface area contributed by atoms with E-state index in [0.29, 0.717) is 17.1 Å². The lowest BCUT2D eigenvalue weighted by Gasteiger charge is -2.20. The summed E-state index contributed by atoms with van der Waals surface area (Å²) in [5, 5.41) is 9.38. The van der Waals surface area contributed by atoms with Crippen LogP contribution in [0.3, 0.4) is 0 Å². The molecule has 5 nitrogen and oxygen atoms in total. The third-order valence-corrected chi connectivity index (χ3v) is 5.51. The number of rotatable bonds is 4. The summed E-state index contributed by atoms with van der Waals surface area (Å²) in [4.78, 5) is 21.2. The van der Waals surface area contributed by atoms with Crippen LogP contribution in [0.25, 0.3) is 0 Å². The predicted octanol–water partition coefficient (Wildman–Crippen LogP) is 6.15. The van der Waals surface area contributed by atoms with Gasteiger partial charge in [0.2, 0.25) is 0 Å². The number of nitrogens with zero attached hydrogens (tertiary/aromatic N) is 2. The zero-order chi connectivity index (χ0) is 24.2. The average Bonchev–Trinajstić information content (AvgIpc) is 3.36. The molecule has 0 aliphatic carbocycles. The Balaban J connectivity index is 0.000000323. The van der Waals surface area contributed by atoms with Crippen molar-refractivity contribution in [2.24, 2.45) is 4.99 Å². The minimum atomic E-state index is -0.294. The van der Waals surface area contributed by atoms with Crippen LogP contribution < -0.4 is 10.6 Å². The SMILES string of the molecule is CC.CC1=C(C(=O)NC(C)c2ccccc2)CN=C(c2nccs2)N1.Fc1cccc(Cl)c1. The number of aliphatic imine (C=N–C) groups is 1. The van der Waals surface area contributed by atoms with Gasteiger partial charge in [-0.2, -0.15) is 0 Å². The molecule has 2 aromatic carbocycles. The number of benzene rings is 2. The predicted molar refractivity (Wildman–Crippen MR) is 135 cm³/mol. The van der Waals surface area contributed by atoms with Crippen LogP contribution in [0, 0.1) is 5.82 Å². The highest BCUT2D eigenvalue weighted by molar-refractivity contribution is 7.11. The van der Waals surface area contributed by atoms with Gasteiger partial charge < -0.3 is 10.6 Å². The maximum atomic E-state index is 12.5. The number of carbonyl (C=O) groups excluding carboxylic acids is 1. The molecule has 1 aromatic heterocycles. The molecule has 33 heavy (non-hydrogen) atoms. The second-order valence-corrected chi connectivity index (χ2v) is 8.11. The molecule has 0 fully saturated rings. The Hall–Kier alpha value is -3.03. The second-order valence-electron chi connectivity index (χ2n) is 6.78. The molecule has 3 aromatic rings. The van der Waals surface area contributed by atoms with Crippen LogP contribution in [0.1, 0.15) is 44.3 Å². The minimum Gasteiger partial charge on any atom is -0.346 e. The van der Waals surface area contributed by atoms with Crippen LogP contribution in [0.5, 0.6) is 0 Å². The number of carbonyl (C=O) groups is 1. The fourth-order valence-electron chi connectivity index (χ4n) is 2.84. The summed E-state index contributed by atoms with van der Waals surface area (Å²) in [5.41, 5.74) is 2.56. The number of amidine groups is 1. The Kier molecular flexibility index (Phi) is 10.7. The first-order valence-corrected chi connectivity index (χ1v) is 11.9. The van der Waals surface area contributed by atoms with Crippen LogP contribution in [0.2, 0.25) is 5.02 Å². The summed E-state index contributed by atoms with van der Waals surface area (Å²) in [6, 6.07) is 15.7. The van der Waals surface area contributed by atoms with Gasteiger partial charge in [-0.1, -0.05) is 61.8 Å². The maximum absolute atomic E-state index is 12.5. The summed E-state index contributed by atoms with van der Waals surface area (Å²) >= 11 is 6.93. The molecule has 2 N–H and O–H groups in total. The van der Waals surface area contributed by atoms with E-state index in [1.54, 1.807) is 18.3 Å². The van der Waals surface area contributed by atoms with Crippen LogP contribution in [0.15, 0.2) is 82.4 Å². The second kappa shape index (κ2) is 13.5. The summed E-state index contributed by atoms with van der Waals surface area (Å²) < 4.78 is 12.1. The number of aromatic nitrogens is 1. The summed E-state index contributed by atoms with van der Waals surface area (Å²) in [7, 11) is 0. The zero-order valence-electron chi connectivity index (χ0n) is 19.1. The standard InChI is InChI=1S/C17H18N4OS.C6H4ClF.C2H6/c1-11(13-6-4-3-5-7-13)21-16(22)14-10-19-15(20-12(14)2)17-18-8-9-23-17;7-5-2-1-3-6(8)4-5;1-2/h3-9,11H,10H2,1-2H3,(H,19,20)(H,21,22);1-4H;1-2H3. The molecule has 1 aliphatic heterocycles. The molecule has 0 bridgehead atoms. The van der Waals surface area contributed by atoms with Gasteiger partial charge in [-0.3, -0.25) is 9.79 Å². The van der Waals surface area contributed by atoms with Gasteiger partial charge in [0, 0.05) is 22.3 Å². The molecule has 2 heterocycles. The van der Waals surface area contributed by atoms with E-state index in [9.17, 15) is 9.18 Å². The highest BCUT2D eigenvalue weighted by atomic mass is 35.5. The van der Waals surface area contributed by atoms with Gasteiger partial charge in [0.1, 0.15) is 5.82 Å². The first-order valence-electron chi connectivity index (χ1n) is 10.6. The number of halogens is 2. The van der Waals surface area contributed by atoms with E-state index >= 15 is 0 Å². The maximum Gasteiger partial charge on any atom is 0.251 e. The normalized spacial score (nSPS) is 13.3. The number of allylic oxidation sites excluding steroid dienone is 1. The average molecular weight is 487 g/mol. The van der Waals surface area contributed by atoms with E-state index in [4.69, 9.17) is 11.6 Å². The Labute approximate surface area is 203 Å². The van der Waals surface area contributed by atoms with E-state index in [2.05, 4.69) is 20.6 Å². The molecule has 1 atom stereocenters. The smallest absolute Gasteiger partial charge is 0.251 e. The van der Waals surface area contributed by atoms with Crippen LogP contribution in [-0.2, 0) is 4.79 Å². The lowest BCUT2D eigenvalue weighted by Crippen LogP contribution is -2.35. The van der Waals surface area contributed by atoms with E-state index in [1.807, 2.05) is 63.4 Å². The van der Waals surface area contributed by atoms with Crippen molar-refractivity contribution in [1.82, 2.24) is 15.6 Å². The molecule has 0 saturated carbocycles. The van der Waals surface area contributed by atoms with Gasteiger partial charge in [0.25, 0.3) is 5.91 Å². The largest absolute Gasteiger partial charge is 0.346 e. The summed E-state index contributed by atoms with van der Waals surface area (Å²) in [6.07, 6.45) is 1.74. The third kappa shape index (κ3) is 8.11. The van der Waals surface area contributed by atoms with Crippen molar-refractivity contribution in [2.45, 2.75) is 33.7 Å². The number of nitrogens with one attached hydrogen (secondary N) is 2. The quantitative estimate of drug-likeness (QED) is 0.464. The number of thiazole rings is 1. The van der Waals surface area contributed by atoms with Crippen LogP contribution in [0.4, 0.5) is 4.39 Å². The highest BCUT2D eigenvalue weighted by Gasteiger charge is 2.21. The van der Waals surface area contributed by atoms with Gasteiger partial charge in [0.15, 0.2) is 10.8 Å². The molecule has 0 radical (unpaired) electrons. The third-order valence-electron chi connectivity index (χ3n) is 4.50. The van der Waals surface area contributed by atoms with Gasteiger partial charge in [-0.15, -0.1) is 11.3 Å². The van der Waals surface area contributed by atoms with Gasteiger partial charge in [-0.25, -0.2) is 9.37 Å². The van der Waals surface area contributed by atoms with E-state index < -0.39 is 0 Å². The zero-order valence-corrected chi connectivity index (χ0v) is 20.7. The summed E-state index contributed by atoms with van der Waals surface area (Å²) in [6.45, 7) is 8.23. The topological polar surface area (TPSA) is 66.4 Å². The fourth-order valence-corrected chi connectivity index (χ4v) is 3.62. The van der Waals surface area contributed by atoms with Crippen molar-refractivity contribution in [3.05, 3.63) is 98.9 Å². The number of amides is 1. The molecule has 4 rings (SSSR count). The fraction of sp³-hybridized carbons (Fsp3) is 0.240. The minimum absolute atomic E-state index is 0.0478. The van der Waals surface area contributed by atoms with Gasteiger partial charge in [0.05, 0.1) is 18.2 Å². The van der Waals surface area contributed by atoms with E-state index in [1.165, 1.54) is 23.5 Å². The first-order chi connectivity index (χ1) is 15.9. The van der Waals surface area contributed by atoms with Crippen molar-refractivity contribution in [3.63, 3.8) is 0 Å².